The van der Waals surface area contributed by atoms with Gasteiger partial charge in [0.25, 0.3) is 0 Å². The minimum absolute atomic E-state index is 0.227. The van der Waals surface area contributed by atoms with Crippen LogP contribution in [0.25, 0.3) is 10.9 Å². The summed E-state index contributed by atoms with van der Waals surface area (Å²) in [7, 11) is -3.59. The van der Waals surface area contributed by atoms with E-state index in [1.54, 1.807) is 24.3 Å². The molecule has 0 aliphatic carbocycles. The fourth-order valence-electron chi connectivity index (χ4n) is 3.54. The van der Waals surface area contributed by atoms with Crippen molar-refractivity contribution < 1.29 is 8.42 Å². The first-order valence-electron chi connectivity index (χ1n) is 8.66. The van der Waals surface area contributed by atoms with Crippen LogP contribution in [0.2, 0.25) is 0 Å². The summed E-state index contributed by atoms with van der Waals surface area (Å²) in [6.45, 7) is 2.02. The molecule has 0 unspecified atom stereocenters. The number of aromatic nitrogens is 1. The Hall–Kier alpha value is -1.76. The summed E-state index contributed by atoms with van der Waals surface area (Å²) in [6.07, 6.45) is 3.65. The van der Waals surface area contributed by atoms with Crippen molar-refractivity contribution in [2.75, 3.05) is 13.1 Å². The molecule has 2 heterocycles. The van der Waals surface area contributed by atoms with E-state index in [0.717, 1.165) is 41.3 Å². The van der Waals surface area contributed by atoms with Gasteiger partial charge in [-0.3, -0.25) is 4.98 Å². The minimum Gasteiger partial charge on any atom is -0.317 e. The molecule has 3 aromatic rings. The van der Waals surface area contributed by atoms with Gasteiger partial charge in [-0.15, -0.1) is 0 Å². The molecule has 0 saturated carbocycles. The molecule has 0 atom stereocenters. The van der Waals surface area contributed by atoms with Crippen LogP contribution in [0.5, 0.6) is 0 Å². The molecule has 4 nitrogen and oxygen atoms in total. The smallest absolute Gasteiger partial charge is 0.208 e. The van der Waals surface area contributed by atoms with E-state index >= 15 is 0 Å². The van der Waals surface area contributed by atoms with Crippen LogP contribution in [0.15, 0.2) is 69.0 Å². The van der Waals surface area contributed by atoms with Crippen molar-refractivity contribution in [3.63, 3.8) is 0 Å². The highest BCUT2D eigenvalue weighted by Gasteiger charge is 2.21. The maximum Gasteiger partial charge on any atom is 0.208 e. The van der Waals surface area contributed by atoms with E-state index in [0.29, 0.717) is 5.92 Å². The molecule has 1 aliphatic heterocycles. The molecule has 1 saturated heterocycles. The highest BCUT2D eigenvalue weighted by atomic mass is 79.9. The topological polar surface area (TPSA) is 59.1 Å². The van der Waals surface area contributed by atoms with Crippen LogP contribution in [-0.4, -0.2) is 26.5 Å². The predicted molar refractivity (Wildman–Crippen MR) is 106 cm³/mol. The Labute approximate surface area is 161 Å². The van der Waals surface area contributed by atoms with Crippen molar-refractivity contribution in [3.8, 4) is 0 Å². The van der Waals surface area contributed by atoms with Gasteiger partial charge in [-0.25, -0.2) is 8.42 Å². The third kappa shape index (κ3) is 3.29. The summed E-state index contributed by atoms with van der Waals surface area (Å²) >= 11 is 3.34. The van der Waals surface area contributed by atoms with E-state index in [1.807, 2.05) is 18.2 Å². The average molecular weight is 431 g/mol. The zero-order valence-corrected chi connectivity index (χ0v) is 16.6. The number of nitrogens with zero attached hydrogens (tertiary/aromatic N) is 1. The molecular weight excluding hydrogens is 412 g/mol. The fourth-order valence-corrected chi connectivity index (χ4v) is 5.38. The third-order valence-corrected chi connectivity index (χ3v) is 7.12. The molecule has 0 bridgehead atoms. The number of nitrogens with one attached hydrogen (secondary N) is 1. The highest BCUT2D eigenvalue weighted by Crippen LogP contribution is 2.32. The van der Waals surface area contributed by atoms with Crippen LogP contribution in [0.1, 0.15) is 24.3 Å². The number of fused-ring (bicyclic) bond motifs is 1. The van der Waals surface area contributed by atoms with Crippen molar-refractivity contribution >= 4 is 36.7 Å². The van der Waals surface area contributed by atoms with Crippen LogP contribution in [-0.2, 0) is 9.84 Å². The van der Waals surface area contributed by atoms with Crippen molar-refractivity contribution in [1.82, 2.24) is 10.3 Å². The summed E-state index contributed by atoms with van der Waals surface area (Å²) in [4.78, 5) is 5.05. The van der Waals surface area contributed by atoms with Gasteiger partial charge in [-0.05, 0) is 61.7 Å². The first-order chi connectivity index (χ1) is 12.6. The van der Waals surface area contributed by atoms with Crippen LogP contribution in [0.3, 0.4) is 0 Å². The van der Waals surface area contributed by atoms with E-state index in [9.17, 15) is 8.42 Å². The van der Waals surface area contributed by atoms with Crippen LogP contribution in [0.4, 0.5) is 0 Å². The summed E-state index contributed by atoms with van der Waals surface area (Å²) in [5.74, 6) is 0.472. The molecule has 1 N–H and O–H groups in total. The number of para-hydroxylation sites is 1. The van der Waals surface area contributed by atoms with Gasteiger partial charge in [0.2, 0.25) is 9.84 Å². The van der Waals surface area contributed by atoms with Crippen molar-refractivity contribution in [1.29, 1.82) is 0 Å². The molecule has 1 fully saturated rings. The Morgan fingerprint density at radius 2 is 1.77 bits per heavy atom. The monoisotopic (exact) mass is 430 g/mol. The lowest BCUT2D eigenvalue weighted by Gasteiger charge is -2.23. The first-order valence-corrected chi connectivity index (χ1v) is 10.9. The maximum atomic E-state index is 12.9. The molecule has 26 heavy (non-hydrogen) atoms. The molecule has 0 amide bonds. The van der Waals surface area contributed by atoms with E-state index < -0.39 is 9.84 Å². The summed E-state index contributed by atoms with van der Waals surface area (Å²) in [5.41, 5.74) is 2.13. The molecule has 6 heteroatoms. The second kappa shape index (κ2) is 7.10. The number of hydrogen-bond acceptors (Lipinski definition) is 4. The Balaban J connectivity index is 1.79. The summed E-state index contributed by atoms with van der Waals surface area (Å²) in [6, 6.07) is 14.5. The van der Waals surface area contributed by atoms with E-state index in [2.05, 4.69) is 32.3 Å². The number of rotatable bonds is 3. The van der Waals surface area contributed by atoms with Gasteiger partial charge >= 0.3 is 0 Å². The lowest BCUT2D eigenvalue weighted by atomic mass is 9.89. The van der Waals surface area contributed by atoms with Crippen molar-refractivity contribution in [2.24, 2.45) is 0 Å². The van der Waals surface area contributed by atoms with Crippen LogP contribution in [0, 0.1) is 0 Å². The van der Waals surface area contributed by atoms with Gasteiger partial charge in [-0.2, -0.15) is 0 Å². The van der Waals surface area contributed by atoms with Gasteiger partial charge in [-0.1, -0.05) is 40.2 Å². The minimum atomic E-state index is -3.59. The lowest BCUT2D eigenvalue weighted by Crippen LogP contribution is -2.26. The quantitative estimate of drug-likeness (QED) is 0.672. The normalized spacial score (nSPS) is 16.0. The van der Waals surface area contributed by atoms with Crippen molar-refractivity contribution in [3.05, 3.63) is 64.8 Å². The second-order valence-electron chi connectivity index (χ2n) is 6.58. The molecule has 2 aromatic carbocycles. The number of hydrogen-bond donors (Lipinski definition) is 1. The maximum absolute atomic E-state index is 12.9. The van der Waals surface area contributed by atoms with Crippen LogP contribution < -0.4 is 5.32 Å². The number of pyridine rings is 1. The van der Waals surface area contributed by atoms with Crippen molar-refractivity contribution in [2.45, 2.75) is 28.6 Å². The largest absolute Gasteiger partial charge is 0.317 e. The molecule has 1 aromatic heterocycles. The van der Waals surface area contributed by atoms with Gasteiger partial charge in [0.05, 0.1) is 15.3 Å². The molecule has 4 rings (SSSR count). The van der Waals surface area contributed by atoms with E-state index in [4.69, 9.17) is 0 Å². The van der Waals surface area contributed by atoms with Gasteiger partial charge in [0.1, 0.15) is 0 Å². The number of halogens is 1. The van der Waals surface area contributed by atoms with E-state index in [-0.39, 0.29) is 9.79 Å². The predicted octanol–water partition coefficient (Wildman–Crippen LogP) is 4.30. The standard InChI is InChI=1S/C20H19BrN2O2S/c21-16-4-2-5-17(12-16)26(24,25)18-11-15-3-1-6-19(20(15)23-13-18)14-7-9-22-10-8-14/h1-6,11-14,22H,7-10H2. The molecular formula is C20H19BrN2O2S. The van der Waals surface area contributed by atoms with Gasteiger partial charge in [0.15, 0.2) is 0 Å². The number of benzene rings is 2. The fraction of sp³-hybridized carbons (Fsp3) is 0.250. The lowest BCUT2D eigenvalue weighted by molar-refractivity contribution is 0.462. The van der Waals surface area contributed by atoms with Gasteiger partial charge < -0.3 is 5.32 Å². The molecule has 134 valence electrons. The van der Waals surface area contributed by atoms with Gasteiger partial charge in [0, 0.05) is 16.1 Å². The summed E-state index contributed by atoms with van der Waals surface area (Å²) in [5, 5.41) is 4.25. The third-order valence-electron chi connectivity index (χ3n) is 4.91. The Morgan fingerprint density at radius 3 is 2.54 bits per heavy atom. The van der Waals surface area contributed by atoms with Crippen LogP contribution >= 0.6 is 15.9 Å². The Morgan fingerprint density at radius 1 is 1.00 bits per heavy atom. The molecule has 1 aliphatic rings. The first kappa shape index (κ1) is 17.6. The number of sulfone groups is 1. The highest BCUT2D eigenvalue weighted by molar-refractivity contribution is 9.10. The molecule has 0 radical (unpaired) electrons. The Bertz CT molecular complexity index is 1060. The zero-order chi connectivity index (χ0) is 18.1. The van der Waals surface area contributed by atoms with E-state index in [1.165, 1.54) is 11.8 Å². The average Bonchev–Trinajstić information content (AvgIpc) is 2.67. The number of piperidine rings is 1. The zero-order valence-electron chi connectivity index (χ0n) is 14.2. The SMILES string of the molecule is O=S(=O)(c1cccc(Br)c1)c1cnc2c(C3CCNCC3)cccc2c1. The summed E-state index contributed by atoms with van der Waals surface area (Å²) < 4.78 is 26.6. The second-order valence-corrected chi connectivity index (χ2v) is 9.44. The molecule has 0 spiro atoms. The Kier molecular flexibility index (Phi) is 4.82.